The number of hydrogen-bond acceptors (Lipinski definition) is 4. The van der Waals surface area contributed by atoms with Crippen LogP contribution in [0.5, 0.6) is 5.75 Å². The predicted octanol–water partition coefficient (Wildman–Crippen LogP) is 5.71. The second-order valence-corrected chi connectivity index (χ2v) is 7.86. The zero-order valence-electron chi connectivity index (χ0n) is 16.8. The molecular formula is C24H18Cl2N2O3. The first-order valence-corrected chi connectivity index (χ1v) is 10.2. The van der Waals surface area contributed by atoms with Crippen LogP contribution in [0.3, 0.4) is 0 Å². The molecule has 0 saturated heterocycles. The molecule has 1 heterocycles. The first-order chi connectivity index (χ1) is 14.9. The third-order valence-electron chi connectivity index (χ3n) is 5.01. The molecule has 156 valence electrons. The summed E-state index contributed by atoms with van der Waals surface area (Å²) in [7, 11) is 1.55. The SMILES string of the molecule is COc1ccc(N2C(=O)C(Nc3cc(Cl)ccc3C)=C(c3ccc(Cl)cc3)C2=O)cc1. The second kappa shape index (κ2) is 8.46. The number of benzene rings is 3. The van der Waals surface area contributed by atoms with Crippen LogP contribution < -0.4 is 15.0 Å². The van der Waals surface area contributed by atoms with E-state index in [0.29, 0.717) is 32.7 Å². The molecule has 1 aliphatic rings. The molecule has 0 bridgehead atoms. The highest BCUT2D eigenvalue weighted by Crippen LogP contribution is 2.35. The van der Waals surface area contributed by atoms with Gasteiger partial charge in [-0.05, 0) is 66.6 Å². The van der Waals surface area contributed by atoms with Crippen molar-refractivity contribution in [1.82, 2.24) is 0 Å². The van der Waals surface area contributed by atoms with Gasteiger partial charge < -0.3 is 10.1 Å². The fourth-order valence-corrected chi connectivity index (χ4v) is 3.66. The van der Waals surface area contributed by atoms with Gasteiger partial charge in [0.25, 0.3) is 11.8 Å². The second-order valence-electron chi connectivity index (χ2n) is 6.98. The minimum atomic E-state index is -0.459. The third kappa shape index (κ3) is 4.02. The van der Waals surface area contributed by atoms with Gasteiger partial charge in [0.05, 0.1) is 18.4 Å². The number of halogens is 2. The van der Waals surface area contributed by atoms with Gasteiger partial charge >= 0.3 is 0 Å². The minimum Gasteiger partial charge on any atom is -0.497 e. The van der Waals surface area contributed by atoms with Crippen molar-refractivity contribution in [2.75, 3.05) is 17.3 Å². The molecule has 5 nitrogen and oxygen atoms in total. The van der Waals surface area contributed by atoms with Crippen molar-refractivity contribution in [2.45, 2.75) is 6.92 Å². The van der Waals surface area contributed by atoms with Crippen LogP contribution in [-0.2, 0) is 9.59 Å². The zero-order chi connectivity index (χ0) is 22.1. The number of rotatable bonds is 5. The first kappa shape index (κ1) is 21.0. The highest BCUT2D eigenvalue weighted by Gasteiger charge is 2.40. The number of anilines is 2. The Balaban J connectivity index is 1.82. The lowest BCUT2D eigenvalue weighted by Gasteiger charge is -2.16. The Morgan fingerprint density at radius 2 is 1.48 bits per heavy atom. The summed E-state index contributed by atoms with van der Waals surface area (Å²) >= 11 is 12.2. The summed E-state index contributed by atoms with van der Waals surface area (Å²) in [5.41, 5.74) is 3.00. The molecule has 1 aliphatic heterocycles. The van der Waals surface area contributed by atoms with Gasteiger partial charge in [-0.15, -0.1) is 0 Å². The summed E-state index contributed by atoms with van der Waals surface area (Å²) in [5.74, 6) is -0.263. The maximum atomic E-state index is 13.4. The molecule has 0 spiro atoms. The average molecular weight is 453 g/mol. The monoisotopic (exact) mass is 452 g/mol. The van der Waals surface area contributed by atoms with Crippen molar-refractivity contribution in [2.24, 2.45) is 0 Å². The largest absolute Gasteiger partial charge is 0.497 e. The number of methoxy groups -OCH3 is 1. The Morgan fingerprint density at radius 1 is 0.839 bits per heavy atom. The van der Waals surface area contributed by atoms with E-state index in [4.69, 9.17) is 27.9 Å². The van der Waals surface area contributed by atoms with Crippen molar-refractivity contribution < 1.29 is 14.3 Å². The highest BCUT2D eigenvalue weighted by molar-refractivity contribution is 6.46. The number of imide groups is 1. The summed E-state index contributed by atoms with van der Waals surface area (Å²) in [6, 6.07) is 18.9. The Labute approximate surface area is 189 Å². The lowest BCUT2D eigenvalue weighted by atomic mass is 10.0. The van der Waals surface area contributed by atoms with Crippen LogP contribution in [0.25, 0.3) is 5.57 Å². The van der Waals surface area contributed by atoms with Gasteiger partial charge in [0.15, 0.2) is 0 Å². The number of carbonyl (C=O) groups excluding carboxylic acids is 2. The molecule has 0 fully saturated rings. The normalized spacial score (nSPS) is 13.7. The van der Waals surface area contributed by atoms with Crippen LogP contribution in [0.4, 0.5) is 11.4 Å². The van der Waals surface area contributed by atoms with Gasteiger partial charge in [0, 0.05) is 15.7 Å². The van der Waals surface area contributed by atoms with Gasteiger partial charge in [-0.2, -0.15) is 0 Å². The fraction of sp³-hybridized carbons (Fsp3) is 0.0833. The number of hydrogen-bond donors (Lipinski definition) is 1. The molecule has 31 heavy (non-hydrogen) atoms. The molecular weight excluding hydrogens is 435 g/mol. The van der Waals surface area contributed by atoms with Crippen molar-refractivity contribution in [3.63, 3.8) is 0 Å². The maximum Gasteiger partial charge on any atom is 0.282 e. The van der Waals surface area contributed by atoms with Crippen LogP contribution in [0.1, 0.15) is 11.1 Å². The molecule has 3 aromatic rings. The average Bonchev–Trinajstić information content (AvgIpc) is 3.01. The number of amides is 2. The number of nitrogens with one attached hydrogen (secondary N) is 1. The molecule has 3 aromatic carbocycles. The summed E-state index contributed by atoms with van der Waals surface area (Å²) in [5, 5.41) is 4.20. The van der Waals surface area contributed by atoms with E-state index >= 15 is 0 Å². The molecule has 7 heteroatoms. The Morgan fingerprint density at radius 3 is 2.13 bits per heavy atom. The summed E-state index contributed by atoms with van der Waals surface area (Å²) in [6.07, 6.45) is 0. The topological polar surface area (TPSA) is 58.6 Å². The van der Waals surface area contributed by atoms with Gasteiger partial charge in [0.1, 0.15) is 11.4 Å². The van der Waals surface area contributed by atoms with Crippen molar-refractivity contribution in [1.29, 1.82) is 0 Å². The molecule has 0 saturated carbocycles. The van der Waals surface area contributed by atoms with Crippen molar-refractivity contribution in [3.8, 4) is 5.75 Å². The van der Waals surface area contributed by atoms with E-state index in [0.717, 1.165) is 10.5 Å². The van der Waals surface area contributed by atoms with Crippen LogP contribution >= 0.6 is 23.2 Å². The van der Waals surface area contributed by atoms with Crippen LogP contribution in [0.15, 0.2) is 72.4 Å². The number of ether oxygens (including phenoxy) is 1. The number of carbonyl (C=O) groups is 2. The van der Waals surface area contributed by atoms with E-state index in [9.17, 15) is 9.59 Å². The van der Waals surface area contributed by atoms with Gasteiger partial charge in [0.2, 0.25) is 0 Å². The van der Waals surface area contributed by atoms with E-state index in [2.05, 4.69) is 5.32 Å². The van der Waals surface area contributed by atoms with E-state index in [1.54, 1.807) is 67.8 Å². The third-order valence-corrected chi connectivity index (χ3v) is 5.49. The molecule has 2 amide bonds. The van der Waals surface area contributed by atoms with Gasteiger partial charge in [-0.3, -0.25) is 9.59 Å². The summed E-state index contributed by atoms with van der Waals surface area (Å²) in [4.78, 5) is 28.0. The number of nitrogens with zero attached hydrogens (tertiary/aromatic N) is 1. The molecule has 0 radical (unpaired) electrons. The molecule has 4 rings (SSSR count). The van der Waals surface area contributed by atoms with Gasteiger partial charge in [-0.1, -0.05) is 41.4 Å². The Hall–Kier alpha value is -3.28. The molecule has 0 atom stereocenters. The zero-order valence-corrected chi connectivity index (χ0v) is 18.3. The molecule has 0 aromatic heterocycles. The van der Waals surface area contributed by atoms with E-state index in [1.807, 2.05) is 13.0 Å². The van der Waals surface area contributed by atoms with E-state index in [-0.39, 0.29) is 11.3 Å². The standard InChI is InChI=1S/C24H18Cl2N2O3/c1-14-3-6-17(26)13-20(14)27-22-21(15-4-7-16(25)8-5-15)23(29)28(24(22)30)18-9-11-19(31-2)12-10-18/h3-13,27H,1-2H3. The van der Waals surface area contributed by atoms with Crippen LogP contribution in [-0.4, -0.2) is 18.9 Å². The number of aryl methyl sites for hydroxylation is 1. The predicted molar refractivity (Wildman–Crippen MR) is 124 cm³/mol. The summed E-state index contributed by atoms with van der Waals surface area (Å²) < 4.78 is 5.18. The molecule has 0 aliphatic carbocycles. The fourth-order valence-electron chi connectivity index (χ4n) is 3.36. The van der Waals surface area contributed by atoms with E-state index in [1.165, 1.54) is 0 Å². The lowest BCUT2D eigenvalue weighted by molar-refractivity contribution is -0.120. The quantitative estimate of drug-likeness (QED) is 0.503. The van der Waals surface area contributed by atoms with Crippen molar-refractivity contribution in [3.05, 3.63) is 93.6 Å². The van der Waals surface area contributed by atoms with Crippen LogP contribution in [0, 0.1) is 6.92 Å². The Bertz CT molecular complexity index is 1200. The molecule has 1 N–H and O–H groups in total. The van der Waals surface area contributed by atoms with Crippen molar-refractivity contribution >= 4 is 52.0 Å². The summed E-state index contributed by atoms with van der Waals surface area (Å²) in [6.45, 7) is 1.89. The lowest BCUT2D eigenvalue weighted by Crippen LogP contribution is -2.32. The van der Waals surface area contributed by atoms with E-state index < -0.39 is 11.8 Å². The van der Waals surface area contributed by atoms with Gasteiger partial charge in [-0.25, -0.2) is 4.90 Å². The maximum absolute atomic E-state index is 13.4. The van der Waals surface area contributed by atoms with Crippen LogP contribution in [0.2, 0.25) is 10.0 Å². The Kier molecular flexibility index (Phi) is 5.72. The molecule has 0 unspecified atom stereocenters. The highest BCUT2D eigenvalue weighted by atomic mass is 35.5. The minimum absolute atomic E-state index is 0.175. The smallest absolute Gasteiger partial charge is 0.282 e. The first-order valence-electron chi connectivity index (χ1n) is 9.45.